The molecular formula is C23H29N3O4. The zero-order valence-corrected chi connectivity index (χ0v) is 17.5. The molecule has 0 aromatic heterocycles. The Morgan fingerprint density at radius 3 is 2.03 bits per heavy atom. The van der Waals surface area contributed by atoms with E-state index < -0.39 is 4.92 Å². The molecule has 0 atom stereocenters. The minimum atomic E-state index is -0.477. The quantitative estimate of drug-likeness (QED) is 0.564. The van der Waals surface area contributed by atoms with E-state index >= 15 is 0 Å². The Balaban J connectivity index is 1.27. The second kappa shape index (κ2) is 7.06. The molecule has 4 bridgehead atoms. The summed E-state index contributed by atoms with van der Waals surface area (Å²) in [6.07, 6.45) is 7.07. The molecule has 1 saturated heterocycles. The Hall–Kier alpha value is -2.44. The fraction of sp³-hybridized carbons (Fsp3) is 0.652. The lowest BCUT2D eigenvalue weighted by Gasteiger charge is -2.57. The molecule has 6 rings (SSSR count). The van der Waals surface area contributed by atoms with Gasteiger partial charge in [-0.15, -0.1) is 0 Å². The summed E-state index contributed by atoms with van der Waals surface area (Å²) in [4.78, 5) is 41.1. The summed E-state index contributed by atoms with van der Waals surface area (Å²) in [6, 6.07) is 4.86. The van der Waals surface area contributed by atoms with E-state index in [2.05, 4.69) is 0 Å². The molecule has 5 fully saturated rings. The Morgan fingerprint density at radius 1 is 0.967 bits per heavy atom. The van der Waals surface area contributed by atoms with Crippen molar-refractivity contribution in [3.8, 4) is 0 Å². The van der Waals surface area contributed by atoms with Gasteiger partial charge in [0, 0.05) is 31.7 Å². The standard InChI is InChI=1S/C23H29N3O4/c1-15-3-2-4-19(20(15)26(29)30)21(27)24-5-7-25(8-6-24)22(28)23-12-16-9-17(13-23)11-18(10-16)14-23/h2-4,16-18H,5-14H2,1H3. The second-order valence-corrected chi connectivity index (χ2v) is 10.0. The fourth-order valence-electron chi connectivity index (χ4n) is 7.06. The number of hydrogen-bond donors (Lipinski definition) is 0. The predicted molar refractivity (Wildman–Crippen MR) is 111 cm³/mol. The highest BCUT2D eigenvalue weighted by Crippen LogP contribution is 2.60. The van der Waals surface area contributed by atoms with Crippen LogP contribution in [0.3, 0.4) is 0 Å². The molecule has 4 aliphatic carbocycles. The molecule has 7 heteroatoms. The van der Waals surface area contributed by atoms with E-state index in [0.29, 0.717) is 37.6 Å². The van der Waals surface area contributed by atoms with Crippen LogP contribution in [0.25, 0.3) is 0 Å². The van der Waals surface area contributed by atoms with Crippen molar-refractivity contribution in [3.63, 3.8) is 0 Å². The van der Waals surface area contributed by atoms with Gasteiger partial charge in [-0.2, -0.15) is 0 Å². The minimum absolute atomic E-state index is 0.116. The number of rotatable bonds is 3. The number of amides is 2. The van der Waals surface area contributed by atoms with Crippen LogP contribution in [-0.2, 0) is 4.79 Å². The number of nitro groups is 1. The van der Waals surface area contributed by atoms with Gasteiger partial charge < -0.3 is 9.80 Å². The first-order valence-electron chi connectivity index (χ1n) is 11.2. The van der Waals surface area contributed by atoms with Gasteiger partial charge in [-0.25, -0.2) is 0 Å². The van der Waals surface area contributed by atoms with Gasteiger partial charge >= 0.3 is 0 Å². The van der Waals surface area contributed by atoms with Gasteiger partial charge in [0.2, 0.25) is 5.91 Å². The van der Waals surface area contributed by atoms with Crippen LogP contribution >= 0.6 is 0 Å². The van der Waals surface area contributed by atoms with E-state index in [9.17, 15) is 19.7 Å². The highest BCUT2D eigenvalue weighted by atomic mass is 16.6. The van der Waals surface area contributed by atoms with Gasteiger partial charge in [-0.1, -0.05) is 12.1 Å². The van der Waals surface area contributed by atoms with Crippen molar-refractivity contribution in [2.75, 3.05) is 26.2 Å². The SMILES string of the molecule is Cc1cccc(C(=O)N2CCN(C(=O)C34CC5CC(CC(C5)C3)C4)CC2)c1[N+](=O)[O-]. The number of piperazine rings is 1. The third kappa shape index (κ3) is 3.10. The predicted octanol–water partition coefficient (Wildman–Crippen LogP) is 3.40. The average molecular weight is 412 g/mol. The van der Waals surface area contributed by atoms with Crippen molar-refractivity contribution in [2.24, 2.45) is 23.2 Å². The lowest BCUT2D eigenvalue weighted by molar-refractivity contribution is -0.385. The van der Waals surface area contributed by atoms with Gasteiger partial charge in [0.25, 0.3) is 11.6 Å². The maximum atomic E-state index is 13.5. The fourth-order valence-corrected chi connectivity index (χ4v) is 7.06. The van der Waals surface area contributed by atoms with Crippen molar-refractivity contribution >= 4 is 17.5 Å². The van der Waals surface area contributed by atoms with Crippen LogP contribution in [0.5, 0.6) is 0 Å². The molecule has 0 radical (unpaired) electrons. The van der Waals surface area contributed by atoms with Crippen LogP contribution in [0, 0.1) is 40.2 Å². The second-order valence-electron chi connectivity index (χ2n) is 10.0. The first-order valence-corrected chi connectivity index (χ1v) is 11.2. The van der Waals surface area contributed by atoms with E-state index in [-0.39, 0.29) is 22.6 Å². The number of carbonyl (C=O) groups is 2. The molecule has 0 unspecified atom stereocenters. The summed E-state index contributed by atoms with van der Waals surface area (Å²) >= 11 is 0. The van der Waals surface area contributed by atoms with Crippen LogP contribution in [0.15, 0.2) is 18.2 Å². The van der Waals surface area contributed by atoms with Crippen LogP contribution in [0.2, 0.25) is 0 Å². The molecule has 7 nitrogen and oxygen atoms in total. The van der Waals surface area contributed by atoms with Crippen molar-refractivity contribution in [2.45, 2.75) is 45.4 Å². The maximum Gasteiger partial charge on any atom is 0.285 e. The summed E-state index contributed by atoms with van der Waals surface area (Å²) in [5.41, 5.74) is 0.355. The Morgan fingerprint density at radius 2 is 1.50 bits per heavy atom. The number of nitrogens with zero attached hydrogens (tertiary/aromatic N) is 3. The van der Waals surface area contributed by atoms with Crippen LogP contribution in [0.4, 0.5) is 5.69 Å². The third-order valence-corrected chi connectivity index (χ3v) is 8.00. The summed E-state index contributed by atoms with van der Waals surface area (Å²) < 4.78 is 0. The molecule has 1 heterocycles. The zero-order chi connectivity index (χ0) is 21.0. The molecular weight excluding hydrogens is 382 g/mol. The molecule has 1 aromatic carbocycles. The molecule has 160 valence electrons. The third-order valence-electron chi connectivity index (χ3n) is 8.00. The smallest absolute Gasteiger partial charge is 0.285 e. The molecule has 0 spiro atoms. The van der Waals surface area contributed by atoms with Gasteiger partial charge in [0.05, 0.1) is 10.3 Å². The molecule has 1 aliphatic heterocycles. The number of benzene rings is 1. The van der Waals surface area contributed by atoms with E-state index in [1.54, 1.807) is 24.0 Å². The van der Waals surface area contributed by atoms with Crippen LogP contribution < -0.4 is 0 Å². The van der Waals surface area contributed by atoms with Crippen LogP contribution in [-0.4, -0.2) is 52.7 Å². The largest absolute Gasteiger partial charge is 0.339 e. The topological polar surface area (TPSA) is 83.8 Å². The molecule has 4 saturated carbocycles. The first-order chi connectivity index (χ1) is 14.4. The normalized spacial score (nSPS) is 32.4. The van der Waals surface area contributed by atoms with E-state index in [4.69, 9.17) is 0 Å². The molecule has 2 amide bonds. The summed E-state index contributed by atoms with van der Waals surface area (Å²) in [5.74, 6) is 2.17. The highest BCUT2D eigenvalue weighted by Gasteiger charge is 2.55. The number of aryl methyl sites for hydroxylation is 1. The Labute approximate surface area is 176 Å². The van der Waals surface area contributed by atoms with Gasteiger partial charge in [0.15, 0.2) is 0 Å². The number of para-hydroxylation sites is 1. The van der Waals surface area contributed by atoms with E-state index in [0.717, 1.165) is 37.0 Å². The summed E-state index contributed by atoms with van der Waals surface area (Å²) in [6.45, 7) is 3.55. The van der Waals surface area contributed by atoms with Crippen molar-refractivity contribution < 1.29 is 14.5 Å². The van der Waals surface area contributed by atoms with Crippen molar-refractivity contribution in [1.29, 1.82) is 0 Å². The first kappa shape index (κ1) is 19.5. The van der Waals surface area contributed by atoms with Crippen molar-refractivity contribution in [1.82, 2.24) is 9.80 Å². The lowest BCUT2D eigenvalue weighted by atomic mass is 9.49. The maximum absolute atomic E-state index is 13.5. The molecule has 1 aromatic rings. The monoisotopic (exact) mass is 411 g/mol. The molecule has 5 aliphatic rings. The molecule has 0 N–H and O–H groups in total. The Kier molecular flexibility index (Phi) is 4.60. The van der Waals surface area contributed by atoms with Gasteiger partial charge in [0.1, 0.15) is 5.56 Å². The number of hydrogen-bond acceptors (Lipinski definition) is 4. The zero-order valence-electron chi connectivity index (χ0n) is 17.5. The van der Waals surface area contributed by atoms with Crippen LogP contribution in [0.1, 0.15) is 54.4 Å². The molecule has 30 heavy (non-hydrogen) atoms. The average Bonchev–Trinajstić information content (AvgIpc) is 2.71. The Bertz CT molecular complexity index is 868. The lowest BCUT2D eigenvalue weighted by Crippen LogP contribution is -2.58. The minimum Gasteiger partial charge on any atom is -0.339 e. The van der Waals surface area contributed by atoms with Gasteiger partial charge in [-0.3, -0.25) is 19.7 Å². The van der Waals surface area contributed by atoms with Crippen molar-refractivity contribution in [3.05, 3.63) is 39.4 Å². The number of carbonyl (C=O) groups excluding carboxylic acids is 2. The highest BCUT2D eigenvalue weighted by molar-refractivity contribution is 5.98. The summed E-state index contributed by atoms with van der Waals surface area (Å²) in [5, 5.41) is 11.5. The van der Waals surface area contributed by atoms with E-state index in [1.165, 1.54) is 25.3 Å². The van der Waals surface area contributed by atoms with E-state index in [1.807, 2.05) is 4.90 Å². The summed E-state index contributed by atoms with van der Waals surface area (Å²) in [7, 11) is 0. The number of nitro benzene ring substituents is 1. The van der Waals surface area contributed by atoms with Gasteiger partial charge in [-0.05, 0) is 69.3 Å².